The quantitative estimate of drug-likeness (QED) is 0.502. The first-order chi connectivity index (χ1) is 14.9. The van der Waals surface area contributed by atoms with Gasteiger partial charge in [0.15, 0.2) is 5.82 Å². The molecule has 0 N–H and O–H groups in total. The van der Waals surface area contributed by atoms with Crippen LogP contribution in [0.25, 0.3) is 11.4 Å². The van der Waals surface area contributed by atoms with E-state index in [2.05, 4.69) is 23.9 Å². The van der Waals surface area contributed by atoms with Crippen LogP contribution in [0.2, 0.25) is 5.02 Å². The highest BCUT2D eigenvalue weighted by molar-refractivity contribution is 7.09. The highest BCUT2D eigenvalue weighted by atomic mass is 35.5. The number of rotatable bonds is 6. The van der Waals surface area contributed by atoms with Crippen molar-refractivity contribution in [2.75, 3.05) is 37.6 Å². The molecule has 31 heavy (non-hydrogen) atoms. The van der Waals surface area contributed by atoms with Crippen molar-refractivity contribution in [3.8, 4) is 17.1 Å². The van der Waals surface area contributed by atoms with Crippen LogP contribution in [0.5, 0.6) is 5.75 Å². The van der Waals surface area contributed by atoms with Crippen LogP contribution < -0.4 is 9.64 Å². The highest BCUT2D eigenvalue weighted by Crippen LogP contribution is 2.26. The summed E-state index contributed by atoms with van der Waals surface area (Å²) < 4.78 is 45.6. The van der Waals surface area contributed by atoms with Gasteiger partial charge < -0.3 is 9.64 Å². The van der Waals surface area contributed by atoms with Crippen LogP contribution in [0.4, 0.5) is 18.3 Å². The molecule has 10 heteroatoms. The van der Waals surface area contributed by atoms with E-state index in [1.165, 1.54) is 23.7 Å². The Hall–Kier alpha value is -2.36. The number of ether oxygens (including phenoxy) is 1. The van der Waals surface area contributed by atoms with E-state index in [1.54, 1.807) is 6.07 Å². The molecule has 0 atom stereocenters. The van der Waals surface area contributed by atoms with E-state index in [1.807, 2.05) is 30.3 Å². The Labute approximate surface area is 187 Å². The Kier molecular flexibility index (Phi) is 6.64. The third-order valence-corrected chi connectivity index (χ3v) is 6.04. The lowest BCUT2D eigenvalue weighted by Crippen LogP contribution is -2.47. The monoisotopic (exact) mass is 468 g/mol. The molecule has 1 fully saturated rings. The number of nitrogens with zero attached hydrogens (tertiary/aromatic N) is 4. The summed E-state index contributed by atoms with van der Waals surface area (Å²) in [5.74, 6) is 0.516. The lowest BCUT2D eigenvalue weighted by atomic mass is 10.1. The van der Waals surface area contributed by atoms with Crippen LogP contribution in [0, 0.1) is 0 Å². The molecule has 0 unspecified atom stereocenters. The van der Waals surface area contributed by atoms with Gasteiger partial charge in [0.05, 0.1) is 0 Å². The molecule has 1 aliphatic rings. The van der Waals surface area contributed by atoms with E-state index < -0.39 is 6.36 Å². The fourth-order valence-corrected chi connectivity index (χ4v) is 4.27. The molecule has 0 radical (unpaired) electrons. The summed E-state index contributed by atoms with van der Waals surface area (Å²) in [4.78, 5) is 9.17. The molecular formula is C21H20ClF3N4OS. The maximum atomic E-state index is 12.4. The largest absolute Gasteiger partial charge is 0.573 e. The van der Waals surface area contributed by atoms with Gasteiger partial charge in [0, 0.05) is 54.8 Å². The van der Waals surface area contributed by atoms with Gasteiger partial charge in [-0.05, 0) is 48.4 Å². The number of alkyl halides is 3. The molecule has 164 valence electrons. The molecule has 0 spiro atoms. The topological polar surface area (TPSA) is 41.5 Å². The van der Waals surface area contributed by atoms with Crippen LogP contribution in [-0.4, -0.2) is 53.3 Å². The molecule has 2 aromatic carbocycles. The third kappa shape index (κ3) is 6.09. The minimum atomic E-state index is -4.67. The number of aromatic nitrogens is 2. The normalized spacial score (nSPS) is 15.3. The van der Waals surface area contributed by atoms with Crippen molar-refractivity contribution in [1.82, 2.24) is 14.3 Å². The maximum absolute atomic E-state index is 12.4. The summed E-state index contributed by atoms with van der Waals surface area (Å²) in [6.07, 6.45) is -4.01. The van der Waals surface area contributed by atoms with Gasteiger partial charge in [0.1, 0.15) is 5.75 Å². The van der Waals surface area contributed by atoms with Crippen LogP contribution >= 0.6 is 23.1 Å². The van der Waals surface area contributed by atoms with E-state index >= 15 is 0 Å². The zero-order valence-electron chi connectivity index (χ0n) is 16.5. The smallest absolute Gasteiger partial charge is 0.406 e. The summed E-state index contributed by atoms with van der Waals surface area (Å²) in [6, 6.07) is 13.6. The first kappa shape index (κ1) is 21.9. The molecule has 5 nitrogen and oxygen atoms in total. The number of benzene rings is 2. The van der Waals surface area contributed by atoms with Gasteiger partial charge in [-0.1, -0.05) is 23.7 Å². The van der Waals surface area contributed by atoms with Crippen molar-refractivity contribution >= 4 is 28.3 Å². The van der Waals surface area contributed by atoms with E-state index in [0.717, 1.165) is 49.0 Å². The maximum Gasteiger partial charge on any atom is 0.573 e. The molecule has 2 heterocycles. The first-order valence-corrected chi connectivity index (χ1v) is 10.9. The van der Waals surface area contributed by atoms with E-state index in [0.29, 0.717) is 17.3 Å². The van der Waals surface area contributed by atoms with Crippen molar-refractivity contribution in [2.45, 2.75) is 12.8 Å². The summed E-state index contributed by atoms with van der Waals surface area (Å²) in [5.41, 5.74) is 1.75. The predicted molar refractivity (Wildman–Crippen MR) is 116 cm³/mol. The molecule has 0 aliphatic carbocycles. The second kappa shape index (κ2) is 9.42. The Bertz CT molecular complexity index is 1000. The SMILES string of the molecule is FC(F)(F)Oc1cccc(CCN2CCN(c3nc(-c4ccc(Cl)cc4)ns3)CC2)c1. The van der Waals surface area contributed by atoms with Gasteiger partial charge in [-0.2, -0.15) is 9.36 Å². The number of piperazine rings is 1. The van der Waals surface area contributed by atoms with Gasteiger partial charge in [0.2, 0.25) is 5.13 Å². The Morgan fingerprint density at radius 3 is 2.48 bits per heavy atom. The summed E-state index contributed by atoms with van der Waals surface area (Å²) in [7, 11) is 0. The Morgan fingerprint density at radius 1 is 1.03 bits per heavy atom. The lowest BCUT2D eigenvalue weighted by molar-refractivity contribution is -0.274. The molecular weight excluding hydrogens is 449 g/mol. The standard InChI is InChI=1S/C21H20ClF3N4OS/c22-17-6-4-16(5-7-17)19-26-20(31-27-19)29-12-10-28(11-13-29)9-8-15-2-1-3-18(14-15)30-21(23,24)25/h1-7,14H,8-13H2. The van der Waals surface area contributed by atoms with Gasteiger partial charge in [-0.3, -0.25) is 4.90 Å². The van der Waals surface area contributed by atoms with Gasteiger partial charge in [-0.15, -0.1) is 13.2 Å². The van der Waals surface area contributed by atoms with E-state index in [4.69, 9.17) is 11.6 Å². The van der Waals surface area contributed by atoms with Crippen LogP contribution in [0.3, 0.4) is 0 Å². The zero-order valence-corrected chi connectivity index (χ0v) is 18.1. The van der Waals surface area contributed by atoms with Crippen LogP contribution in [0.15, 0.2) is 48.5 Å². The van der Waals surface area contributed by atoms with Crippen molar-refractivity contribution in [3.05, 3.63) is 59.1 Å². The average Bonchev–Trinajstić information content (AvgIpc) is 3.22. The minimum absolute atomic E-state index is 0.178. The summed E-state index contributed by atoms with van der Waals surface area (Å²) in [5, 5.41) is 1.57. The zero-order chi connectivity index (χ0) is 21.8. The summed E-state index contributed by atoms with van der Waals surface area (Å²) in [6.45, 7) is 4.14. The number of hydrogen-bond donors (Lipinski definition) is 0. The molecule has 0 amide bonds. The predicted octanol–water partition coefficient (Wildman–Crippen LogP) is 5.12. The van der Waals surface area contributed by atoms with Crippen molar-refractivity contribution < 1.29 is 17.9 Å². The molecule has 3 aromatic rings. The molecule has 1 aromatic heterocycles. The molecule has 4 rings (SSSR count). The average molecular weight is 469 g/mol. The van der Waals surface area contributed by atoms with Gasteiger partial charge in [-0.25, -0.2) is 0 Å². The van der Waals surface area contributed by atoms with E-state index in [-0.39, 0.29) is 5.75 Å². The Morgan fingerprint density at radius 2 is 1.77 bits per heavy atom. The highest BCUT2D eigenvalue weighted by Gasteiger charge is 2.31. The Balaban J connectivity index is 1.28. The number of hydrogen-bond acceptors (Lipinski definition) is 6. The fraction of sp³-hybridized carbons (Fsp3) is 0.333. The minimum Gasteiger partial charge on any atom is -0.406 e. The van der Waals surface area contributed by atoms with Gasteiger partial charge >= 0.3 is 6.36 Å². The molecule has 0 saturated carbocycles. The molecule has 0 bridgehead atoms. The summed E-state index contributed by atoms with van der Waals surface area (Å²) >= 11 is 7.32. The number of halogens is 4. The van der Waals surface area contributed by atoms with Crippen LogP contribution in [0.1, 0.15) is 5.56 Å². The van der Waals surface area contributed by atoms with Crippen molar-refractivity contribution in [1.29, 1.82) is 0 Å². The van der Waals surface area contributed by atoms with Crippen LogP contribution in [-0.2, 0) is 6.42 Å². The van der Waals surface area contributed by atoms with Crippen molar-refractivity contribution in [2.24, 2.45) is 0 Å². The van der Waals surface area contributed by atoms with E-state index in [9.17, 15) is 13.2 Å². The first-order valence-electron chi connectivity index (χ1n) is 9.77. The lowest BCUT2D eigenvalue weighted by Gasteiger charge is -2.34. The third-order valence-electron chi connectivity index (χ3n) is 5.01. The molecule has 1 aliphatic heterocycles. The number of anilines is 1. The molecule has 1 saturated heterocycles. The van der Waals surface area contributed by atoms with Gasteiger partial charge in [0.25, 0.3) is 0 Å². The fourth-order valence-electron chi connectivity index (χ4n) is 3.41. The van der Waals surface area contributed by atoms with Crippen molar-refractivity contribution in [3.63, 3.8) is 0 Å². The second-order valence-electron chi connectivity index (χ2n) is 7.18. The second-order valence-corrected chi connectivity index (χ2v) is 8.35.